The summed E-state index contributed by atoms with van der Waals surface area (Å²) in [6, 6.07) is 12.2. The van der Waals surface area contributed by atoms with Gasteiger partial charge in [-0.1, -0.05) is 12.1 Å². The number of imidazole rings is 1. The Hall–Kier alpha value is -3.22. The van der Waals surface area contributed by atoms with Gasteiger partial charge in [-0.2, -0.15) is 0 Å². The number of amides is 1. The molecule has 1 heterocycles. The molecule has 0 unspecified atom stereocenters. The normalized spacial score (nSPS) is 11.9. The largest absolute Gasteiger partial charge is 0.492 e. The second-order valence-corrected chi connectivity index (χ2v) is 5.62. The van der Waals surface area contributed by atoms with Crippen molar-refractivity contribution in [2.45, 2.75) is 19.9 Å². The molecule has 1 amide bonds. The van der Waals surface area contributed by atoms with E-state index in [1.54, 1.807) is 25.1 Å². The number of anilines is 2. The Balaban J connectivity index is 1.70. The second-order valence-electron chi connectivity index (χ2n) is 5.62. The van der Waals surface area contributed by atoms with Gasteiger partial charge >= 0.3 is 5.69 Å². The molecule has 0 fully saturated rings. The summed E-state index contributed by atoms with van der Waals surface area (Å²) in [6.07, 6.45) is 0. The number of fused-ring (bicyclic) bond motifs is 1. The van der Waals surface area contributed by atoms with Crippen molar-refractivity contribution in [2.75, 3.05) is 17.2 Å². The molecule has 4 N–H and O–H groups in total. The third-order valence-corrected chi connectivity index (χ3v) is 3.74. The Morgan fingerprint density at radius 2 is 1.92 bits per heavy atom. The van der Waals surface area contributed by atoms with E-state index in [0.717, 1.165) is 5.69 Å². The number of rotatable bonds is 6. The van der Waals surface area contributed by atoms with E-state index in [-0.39, 0.29) is 11.6 Å². The molecule has 130 valence electrons. The summed E-state index contributed by atoms with van der Waals surface area (Å²) >= 11 is 0. The number of hydrogen-bond donors (Lipinski definition) is 4. The van der Waals surface area contributed by atoms with E-state index >= 15 is 0 Å². The highest BCUT2D eigenvalue weighted by Gasteiger charge is 2.15. The van der Waals surface area contributed by atoms with E-state index in [0.29, 0.717) is 29.1 Å². The predicted octanol–water partition coefficient (Wildman–Crippen LogP) is 2.69. The van der Waals surface area contributed by atoms with Crippen LogP contribution in [0.2, 0.25) is 0 Å². The van der Waals surface area contributed by atoms with Crippen LogP contribution >= 0.6 is 0 Å². The fraction of sp³-hybridized carbons (Fsp3) is 0.222. The first-order chi connectivity index (χ1) is 12.1. The zero-order chi connectivity index (χ0) is 17.8. The Bertz CT molecular complexity index is 945. The lowest BCUT2D eigenvalue weighted by Gasteiger charge is -2.17. The van der Waals surface area contributed by atoms with Crippen LogP contribution in [0.1, 0.15) is 13.8 Å². The zero-order valence-electron chi connectivity index (χ0n) is 14.1. The summed E-state index contributed by atoms with van der Waals surface area (Å²) < 4.78 is 5.56. The third-order valence-electron chi connectivity index (χ3n) is 3.74. The second kappa shape index (κ2) is 7.12. The lowest BCUT2D eigenvalue weighted by atomic mass is 10.2. The van der Waals surface area contributed by atoms with E-state index in [9.17, 15) is 9.59 Å². The van der Waals surface area contributed by atoms with Gasteiger partial charge in [-0.15, -0.1) is 0 Å². The fourth-order valence-electron chi connectivity index (χ4n) is 2.53. The van der Waals surface area contributed by atoms with Gasteiger partial charge in [0.2, 0.25) is 5.91 Å². The minimum Gasteiger partial charge on any atom is -0.492 e. The van der Waals surface area contributed by atoms with Crippen LogP contribution in [0, 0.1) is 0 Å². The smallest absolute Gasteiger partial charge is 0.323 e. The molecule has 0 aliphatic heterocycles. The average Bonchev–Trinajstić information content (AvgIpc) is 2.96. The van der Waals surface area contributed by atoms with E-state index in [4.69, 9.17) is 4.74 Å². The Kier molecular flexibility index (Phi) is 4.74. The lowest BCUT2D eigenvalue weighted by molar-refractivity contribution is -0.116. The maximum Gasteiger partial charge on any atom is 0.323 e. The Morgan fingerprint density at radius 1 is 1.16 bits per heavy atom. The minimum atomic E-state index is -0.470. The van der Waals surface area contributed by atoms with Gasteiger partial charge < -0.3 is 25.3 Å². The first-order valence-electron chi connectivity index (χ1n) is 8.08. The van der Waals surface area contributed by atoms with Crippen molar-refractivity contribution >= 4 is 28.3 Å². The molecule has 0 aliphatic rings. The summed E-state index contributed by atoms with van der Waals surface area (Å²) in [5.41, 5.74) is 2.43. The van der Waals surface area contributed by atoms with E-state index in [2.05, 4.69) is 20.6 Å². The van der Waals surface area contributed by atoms with Gasteiger partial charge in [-0.05, 0) is 44.2 Å². The molecule has 25 heavy (non-hydrogen) atoms. The van der Waals surface area contributed by atoms with Crippen molar-refractivity contribution in [3.63, 3.8) is 0 Å². The molecule has 0 radical (unpaired) electrons. The van der Waals surface area contributed by atoms with Crippen molar-refractivity contribution < 1.29 is 9.53 Å². The molecule has 0 saturated heterocycles. The van der Waals surface area contributed by atoms with Crippen LogP contribution in [0.3, 0.4) is 0 Å². The summed E-state index contributed by atoms with van der Waals surface area (Å²) in [5.74, 6) is 0.513. The molecule has 7 nitrogen and oxygen atoms in total. The molecule has 3 rings (SSSR count). The van der Waals surface area contributed by atoms with E-state index in [1.165, 1.54) is 0 Å². The Labute approximate surface area is 144 Å². The molecule has 1 aromatic heterocycles. The Morgan fingerprint density at radius 3 is 2.72 bits per heavy atom. The van der Waals surface area contributed by atoms with E-state index < -0.39 is 6.04 Å². The van der Waals surface area contributed by atoms with Crippen LogP contribution < -0.4 is 21.1 Å². The van der Waals surface area contributed by atoms with Crippen molar-refractivity contribution in [1.29, 1.82) is 0 Å². The molecule has 1 atom stereocenters. The highest BCUT2D eigenvalue weighted by molar-refractivity contribution is 5.97. The number of H-pyrrole nitrogens is 2. The molecular weight excluding hydrogens is 320 g/mol. The van der Waals surface area contributed by atoms with Crippen LogP contribution in [-0.4, -0.2) is 28.5 Å². The van der Waals surface area contributed by atoms with Gasteiger partial charge in [0.15, 0.2) is 0 Å². The average molecular weight is 340 g/mol. The molecule has 0 spiro atoms. The minimum absolute atomic E-state index is 0.191. The van der Waals surface area contributed by atoms with Crippen molar-refractivity contribution in [2.24, 2.45) is 0 Å². The van der Waals surface area contributed by atoms with Gasteiger partial charge in [0.05, 0.1) is 23.3 Å². The first-order valence-corrected chi connectivity index (χ1v) is 8.08. The SMILES string of the molecule is CCOc1ccccc1N[C@@H](C)C(=O)Nc1ccc2[nH]c(=O)[nH]c2c1. The highest BCUT2D eigenvalue weighted by Crippen LogP contribution is 2.24. The number of benzene rings is 2. The van der Waals surface area contributed by atoms with Gasteiger partial charge in [0.1, 0.15) is 11.8 Å². The number of aromatic amines is 2. The molecule has 2 aromatic carbocycles. The van der Waals surface area contributed by atoms with Gasteiger partial charge in [0.25, 0.3) is 0 Å². The fourth-order valence-corrected chi connectivity index (χ4v) is 2.53. The number of nitrogens with one attached hydrogen (secondary N) is 4. The number of aromatic nitrogens is 2. The monoisotopic (exact) mass is 340 g/mol. The summed E-state index contributed by atoms with van der Waals surface area (Å²) in [4.78, 5) is 29.1. The topological polar surface area (TPSA) is 99.0 Å². The van der Waals surface area contributed by atoms with Crippen LogP contribution in [-0.2, 0) is 4.79 Å². The number of carbonyl (C=O) groups excluding carboxylic acids is 1. The summed E-state index contributed by atoms with van der Waals surface area (Å²) in [7, 11) is 0. The van der Waals surface area contributed by atoms with Gasteiger partial charge in [-0.3, -0.25) is 4.79 Å². The van der Waals surface area contributed by atoms with Gasteiger partial charge in [-0.25, -0.2) is 4.79 Å². The molecular formula is C18H20N4O3. The zero-order valence-corrected chi connectivity index (χ0v) is 14.1. The summed E-state index contributed by atoms with van der Waals surface area (Å²) in [6.45, 7) is 4.23. The first kappa shape index (κ1) is 16.6. The van der Waals surface area contributed by atoms with Crippen LogP contribution in [0.4, 0.5) is 11.4 Å². The molecule has 0 saturated carbocycles. The van der Waals surface area contributed by atoms with Crippen molar-refractivity contribution in [1.82, 2.24) is 9.97 Å². The maximum absolute atomic E-state index is 12.4. The quantitative estimate of drug-likeness (QED) is 0.554. The standard InChI is InChI=1S/C18H20N4O3/c1-3-25-16-7-5-4-6-14(16)19-11(2)17(23)20-12-8-9-13-15(10-12)22-18(24)21-13/h4-11,19H,3H2,1-2H3,(H,20,23)(H2,21,22,24)/t11-/m0/s1. The highest BCUT2D eigenvalue weighted by atomic mass is 16.5. The number of hydrogen-bond acceptors (Lipinski definition) is 4. The number of carbonyl (C=O) groups is 1. The van der Waals surface area contributed by atoms with Crippen LogP contribution in [0.25, 0.3) is 11.0 Å². The predicted molar refractivity (Wildman–Crippen MR) is 98.2 cm³/mol. The van der Waals surface area contributed by atoms with Crippen molar-refractivity contribution in [3.05, 3.63) is 52.9 Å². The third kappa shape index (κ3) is 3.82. The van der Waals surface area contributed by atoms with Crippen LogP contribution in [0.15, 0.2) is 47.3 Å². The lowest BCUT2D eigenvalue weighted by Crippen LogP contribution is -2.32. The van der Waals surface area contributed by atoms with Crippen molar-refractivity contribution in [3.8, 4) is 5.75 Å². The van der Waals surface area contributed by atoms with Crippen LogP contribution in [0.5, 0.6) is 5.75 Å². The molecule has 3 aromatic rings. The van der Waals surface area contributed by atoms with E-state index in [1.807, 2.05) is 31.2 Å². The van der Waals surface area contributed by atoms with Gasteiger partial charge in [0, 0.05) is 5.69 Å². The summed E-state index contributed by atoms with van der Waals surface area (Å²) in [5, 5.41) is 5.99. The maximum atomic E-state index is 12.4. The number of ether oxygens (including phenoxy) is 1. The molecule has 7 heteroatoms. The molecule has 0 bridgehead atoms. The number of para-hydroxylation sites is 2. The molecule has 0 aliphatic carbocycles.